The number of carbonyl (C=O) groups excluding carboxylic acids is 1. The van der Waals surface area contributed by atoms with E-state index in [1.165, 1.54) is 0 Å². The number of aromatic hydroxyl groups is 1. The third-order valence-electron chi connectivity index (χ3n) is 5.73. The quantitative estimate of drug-likeness (QED) is 0.707. The van der Waals surface area contributed by atoms with Crippen molar-refractivity contribution in [2.45, 2.75) is 58.2 Å². The Kier molecular flexibility index (Phi) is 7.09. The van der Waals surface area contributed by atoms with E-state index in [0.717, 1.165) is 31.2 Å². The van der Waals surface area contributed by atoms with Gasteiger partial charge in [0.25, 0.3) is 5.91 Å². The van der Waals surface area contributed by atoms with E-state index in [1.54, 1.807) is 24.3 Å². The number of rotatable bonds is 8. The van der Waals surface area contributed by atoms with E-state index < -0.39 is 0 Å². The molecule has 1 amide bonds. The number of hydrogen-bond donors (Lipinski definition) is 2. The molecule has 0 radical (unpaired) electrons. The number of para-hydroxylation sites is 1. The Morgan fingerprint density at radius 2 is 2.00 bits per heavy atom. The number of nitrogens with one attached hydrogen (secondary N) is 1. The summed E-state index contributed by atoms with van der Waals surface area (Å²) >= 11 is 0. The molecule has 1 aromatic heterocycles. The van der Waals surface area contributed by atoms with Gasteiger partial charge in [-0.1, -0.05) is 17.3 Å². The highest BCUT2D eigenvalue weighted by atomic mass is 16.5. The number of ether oxygens (including phenoxy) is 1. The van der Waals surface area contributed by atoms with Gasteiger partial charge in [-0.3, -0.25) is 4.79 Å². The van der Waals surface area contributed by atoms with Crippen LogP contribution in [0.25, 0.3) is 0 Å². The van der Waals surface area contributed by atoms with Crippen LogP contribution in [-0.4, -0.2) is 57.1 Å². The molecule has 1 aromatic carbocycles. The molecule has 158 valence electrons. The Morgan fingerprint density at radius 3 is 2.66 bits per heavy atom. The van der Waals surface area contributed by atoms with Gasteiger partial charge >= 0.3 is 0 Å². The summed E-state index contributed by atoms with van der Waals surface area (Å²) in [6, 6.07) is 6.19. The molecule has 0 aliphatic heterocycles. The Labute approximate surface area is 171 Å². The lowest BCUT2D eigenvalue weighted by Crippen LogP contribution is -2.33. The molecule has 8 nitrogen and oxygen atoms in total. The van der Waals surface area contributed by atoms with Gasteiger partial charge in [0.2, 0.25) is 0 Å². The highest BCUT2D eigenvalue weighted by Gasteiger charge is 2.25. The molecule has 0 saturated heterocycles. The summed E-state index contributed by atoms with van der Waals surface area (Å²) in [6.45, 7) is 5.87. The monoisotopic (exact) mass is 401 g/mol. The van der Waals surface area contributed by atoms with Crippen molar-refractivity contribution in [2.75, 3.05) is 20.2 Å². The van der Waals surface area contributed by atoms with Crippen LogP contribution in [0.4, 0.5) is 0 Å². The van der Waals surface area contributed by atoms with Crippen LogP contribution in [-0.2, 0) is 6.54 Å². The predicted octanol–water partition coefficient (Wildman–Crippen LogP) is 2.75. The number of benzene rings is 1. The van der Waals surface area contributed by atoms with Crippen LogP contribution in [0.3, 0.4) is 0 Å². The molecule has 1 heterocycles. The zero-order chi connectivity index (χ0) is 20.8. The zero-order valence-corrected chi connectivity index (χ0v) is 17.5. The van der Waals surface area contributed by atoms with Crippen LogP contribution in [0.1, 0.15) is 61.6 Å². The number of methoxy groups -OCH3 is 1. The topological polar surface area (TPSA) is 92.5 Å². The number of phenolic OH excluding ortho intramolecular Hbond substituents is 1. The lowest BCUT2D eigenvalue weighted by molar-refractivity contribution is 0.0767. The van der Waals surface area contributed by atoms with Crippen LogP contribution in [0.15, 0.2) is 24.4 Å². The molecule has 0 spiro atoms. The van der Waals surface area contributed by atoms with Gasteiger partial charge in [-0.2, -0.15) is 0 Å². The third-order valence-corrected chi connectivity index (χ3v) is 5.73. The molecule has 3 rings (SSSR count). The van der Waals surface area contributed by atoms with Crippen molar-refractivity contribution < 1.29 is 14.6 Å². The normalized spacial score (nSPS) is 19.1. The van der Waals surface area contributed by atoms with Crippen LogP contribution in [0, 0.1) is 0 Å². The second-order valence-corrected chi connectivity index (χ2v) is 7.42. The number of carbonyl (C=O) groups is 1. The predicted molar refractivity (Wildman–Crippen MR) is 110 cm³/mol. The Bertz CT molecular complexity index is 810. The van der Waals surface area contributed by atoms with Crippen molar-refractivity contribution in [1.29, 1.82) is 0 Å². The SMILES string of the molecule is CCN(CC)C(=O)c1cn(C2CCC(NCc3cccc(OC)c3O)CC2)nn1. The summed E-state index contributed by atoms with van der Waals surface area (Å²) in [5.41, 5.74) is 1.25. The van der Waals surface area contributed by atoms with E-state index in [4.69, 9.17) is 4.74 Å². The summed E-state index contributed by atoms with van der Waals surface area (Å²) < 4.78 is 7.02. The fraction of sp³-hybridized carbons (Fsp3) is 0.571. The van der Waals surface area contributed by atoms with E-state index in [9.17, 15) is 9.90 Å². The Hall–Kier alpha value is -2.61. The van der Waals surface area contributed by atoms with Crippen LogP contribution >= 0.6 is 0 Å². The molecule has 0 atom stereocenters. The van der Waals surface area contributed by atoms with Gasteiger partial charge in [-0.05, 0) is 45.6 Å². The molecule has 29 heavy (non-hydrogen) atoms. The van der Waals surface area contributed by atoms with Gasteiger partial charge < -0.3 is 20.1 Å². The minimum atomic E-state index is -0.0605. The standard InChI is InChI=1S/C21H31N5O3/c1-4-25(5-2)21(28)18-14-26(24-23-18)17-11-9-16(10-12-17)22-13-15-7-6-8-19(29-3)20(15)27/h6-8,14,16-17,22,27H,4-5,9-13H2,1-3H3. The molecular formula is C21H31N5O3. The molecule has 8 heteroatoms. The summed E-state index contributed by atoms with van der Waals surface area (Å²) in [5.74, 6) is 0.633. The molecule has 2 N–H and O–H groups in total. The minimum absolute atomic E-state index is 0.0605. The third kappa shape index (κ3) is 4.87. The zero-order valence-electron chi connectivity index (χ0n) is 17.5. The van der Waals surface area contributed by atoms with Crippen molar-refractivity contribution in [1.82, 2.24) is 25.2 Å². The first-order valence-corrected chi connectivity index (χ1v) is 10.4. The fourth-order valence-corrected chi connectivity index (χ4v) is 3.90. The van der Waals surface area contributed by atoms with Gasteiger partial charge in [0.05, 0.1) is 19.3 Å². The van der Waals surface area contributed by atoms with Gasteiger partial charge in [-0.15, -0.1) is 5.10 Å². The van der Waals surface area contributed by atoms with E-state index in [0.29, 0.717) is 37.1 Å². The first kappa shape index (κ1) is 21.1. The van der Waals surface area contributed by atoms with Crippen molar-refractivity contribution in [3.05, 3.63) is 35.7 Å². The molecule has 1 saturated carbocycles. The van der Waals surface area contributed by atoms with Crippen molar-refractivity contribution in [3.8, 4) is 11.5 Å². The number of phenols is 1. The van der Waals surface area contributed by atoms with Gasteiger partial charge in [-0.25, -0.2) is 4.68 Å². The second-order valence-electron chi connectivity index (χ2n) is 7.42. The molecule has 2 aromatic rings. The summed E-state index contributed by atoms with van der Waals surface area (Å²) in [7, 11) is 1.55. The average Bonchev–Trinajstić information content (AvgIpc) is 3.24. The fourth-order valence-electron chi connectivity index (χ4n) is 3.90. The van der Waals surface area contributed by atoms with E-state index >= 15 is 0 Å². The first-order chi connectivity index (χ1) is 14.1. The maximum Gasteiger partial charge on any atom is 0.276 e. The largest absolute Gasteiger partial charge is 0.504 e. The minimum Gasteiger partial charge on any atom is -0.504 e. The molecular weight excluding hydrogens is 370 g/mol. The molecule has 0 bridgehead atoms. The van der Waals surface area contributed by atoms with Crippen LogP contribution < -0.4 is 10.1 Å². The van der Waals surface area contributed by atoms with Crippen LogP contribution in [0.2, 0.25) is 0 Å². The lowest BCUT2D eigenvalue weighted by atomic mass is 9.91. The highest BCUT2D eigenvalue weighted by molar-refractivity contribution is 5.91. The lowest BCUT2D eigenvalue weighted by Gasteiger charge is -2.29. The number of amides is 1. The number of aromatic nitrogens is 3. The number of hydrogen-bond acceptors (Lipinski definition) is 6. The average molecular weight is 402 g/mol. The second kappa shape index (κ2) is 9.73. The maximum atomic E-state index is 12.4. The summed E-state index contributed by atoms with van der Waals surface area (Å²) in [6.07, 6.45) is 5.75. The van der Waals surface area contributed by atoms with Gasteiger partial charge in [0, 0.05) is 31.2 Å². The van der Waals surface area contributed by atoms with Crippen molar-refractivity contribution in [2.24, 2.45) is 0 Å². The van der Waals surface area contributed by atoms with E-state index in [1.807, 2.05) is 30.7 Å². The smallest absolute Gasteiger partial charge is 0.276 e. The summed E-state index contributed by atoms with van der Waals surface area (Å²) in [5, 5.41) is 22.1. The van der Waals surface area contributed by atoms with E-state index in [2.05, 4.69) is 15.6 Å². The maximum absolute atomic E-state index is 12.4. The highest BCUT2D eigenvalue weighted by Crippen LogP contribution is 2.31. The molecule has 1 aliphatic rings. The van der Waals surface area contributed by atoms with Gasteiger partial charge in [0.1, 0.15) is 0 Å². The Balaban J connectivity index is 1.52. The summed E-state index contributed by atoms with van der Waals surface area (Å²) in [4.78, 5) is 14.2. The first-order valence-electron chi connectivity index (χ1n) is 10.4. The molecule has 0 unspecified atom stereocenters. The molecule has 1 fully saturated rings. The Morgan fingerprint density at radius 1 is 1.28 bits per heavy atom. The van der Waals surface area contributed by atoms with E-state index in [-0.39, 0.29) is 17.7 Å². The van der Waals surface area contributed by atoms with Crippen molar-refractivity contribution >= 4 is 5.91 Å². The van der Waals surface area contributed by atoms with Gasteiger partial charge in [0.15, 0.2) is 17.2 Å². The van der Waals surface area contributed by atoms with Crippen LogP contribution in [0.5, 0.6) is 11.5 Å². The number of nitrogens with zero attached hydrogens (tertiary/aromatic N) is 4. The molecule has 1 aliphatic carbocycles. The van der Waals surface area contributed by atoms with Crippen molar-refractivity contribution in [3.63, 3.8) is 0 Å².